The van der Waals surface area contributed by atoms with Gasteiger partial charge in [-0.05, 0) is 37.8 Å². The zero-order valence-electron chi connectivity index (χ0n) is 20.2. The smallest absolute Gasteiger partial charge is 0.308 e. The Kier molecular flexibility index (Phi) is 17.2. The van der Waals surface area contributed by atoms with Crippen LogP contribution in [-0.4, -0.2) is 63.1 Å². The van der Waals surface area contributed by atoms with E-state index in [9.17, 15) is 19.2 Å². The highest BCUT2D eigenvalue weighted by atomic mass is 32.2. The molecule has 0 aliphatic carbocycles. The van der Waals surface area contributed by atoms with Crippen LogP contribution in [-0.2, 0) is 42.9 Å². The van der Waals surface area contributed by atoms with Crippen LogP contribution < -0.4 is 0 Å². The van der Waals surface area contributed by atoms with Crippen LogP contribution >= 0.6 is 48.0 Å². The molecule has 13 heteroatoms. The second-order valence-electron chi connectivity index (χ2n) is 7.10. The number of hydrogen-bond acceptors (Lipinski definition) is 13. The summed E-state index contributed by atoms with van der Waals surface area (Å²) in [6, 6.07) is 0. The average Bonchev–Trinajstić information content (AvgIpc) is 2.69. The molecule has 9 nitrogen and oxygen atoms in total. The number of carbonyl (C=O) groups is 4. The van der Waals surface area contributed by atoms with Crippen molar-refractivity contribution in [2.75, 3.05) is 19.8 Å². The van der Waals surface area contributed by atoms with Gasteiger partial charge in [-0.1, -0.05) is 37.8 Å². The van der Waals surface area contributed by atoms with Crippen molar-refractivity contribution in [1.29, 1.82) is 0 Å². The molecule has 0 heterocycles. The van der Waals surface area contributed by atoms with Crippen molar-refractivity contribution in [3.8, 4) is 0 Å². The quantitative estimate of drug-likeness (QED) is 0.101. The summed E-state index contributed by atoms with van der Waals surface area (Å²) in [4.78, 5) is 47.0. The highest BCUT2D eigenvalue weighted by Crippen LogP contribution is 2.25. The number of carbonyl (C=O) groups excluding carboxylic acids is 4. The van der Waals surface area contributed by atoms with Crippen LogP contribution in [0.25, 0.3) is 0 Å². The van der Waals surface area contributed by atoms with Gasteiger partial charge in [0.2, 0.25) is 4.38 Å². The minimum absolute atomic E-state index is 0.129. The van der Waals surface area contributed by atoms with E-state index in [1.807, 2.05) is 0 Å². The van der Waals surface area contributed by atoms with Gasteiger partial charge in [-0.25, -0.2) is 0 Å². The first-order valence-corrected chi connectivity index (χ1v) is 13.1. The highest BCUT2D eigenvalue weighted by Gasteiger charge is 2.26. The molecule has 0 spiro atoms. The minimum Gasteiger partial charge on any atom is -0.479 e. The van der Waals surface area contributed by atoms with E-state index < -0.39 is 46.6 Å². The van der Waals surface area contributed by atoms with Gasteiger partial charge in [0.15, 0.2) is 10.9 Å². The number of thioether (sulfide) groups is 2. The predicted molar refractivity (Wildman–Crippen MR) is 138 cm³/mol. The molecule has 0 aliphatic heterocycles. The largest absolute Gasteiger partial charge is 0.479 e. The fourth-order valence-electron chi connectivity index (χ4n) is 2.39. The molecule has 0 aliphatic rings. The molecule has 0 aromatic rings. The Morgan fingerprint density at radius 2 is 1.15 bits per heavy atom. The lowest BCUT2D eigenvalue weighted by Gasteiger charge is -2.20. The molecule has 0 rings (SSSR count). The topological polar surface area (TPSA) is 114 Å². The first-order chi connectivity index (χ1) is 15.8. The number of hydrogen-bond donors (Lipinski definition) is 0. The summed E-state index contributed by atoms with van der Waals surface area (Å²) >= 11 is 12.3. The van der Waals surface area contributed by atoms with E-state index in [4.69, 9.17) is 48.1 Å². The SMILES string of the molecule is CCOC(=S)SC(CC(C)C(=O)OCCOC(=O)C(C)CC(OC(C)=O)SC(C)=S)OC(C)=O. The Balaban J connectivity index is 4.51. The minimum atomic E-state index is -0.697. The zero-order chi connectivity index (χ0) is 26.3. The number of esters is 4. The molecule has 0 aromatic carbocycles. The molecule has 0 radical (unpaired) electrons. The molecule has 0 N–H and O–H groups in total. The molecule has 4 atom stereocenters. The van der Waals surface area contributed by atoms with Gasteiger partial charge < -0.3 is 23.7 Å². The van der Waals surface area contributed by atoms with Crippen molar-refractivity contribution in [2.24, 2.45) is 11.8 Å². The lowest BCUT2D eigenvalue weighted by atomic mass is 10.1. The molecule has 4 unspecified atom stereocenters. The predicted octanol–water partition coefficient (Wildman–Crippen LogP) is 4.04. The second kappa shape index (κ2) is 17.9. The maximum Gasteiger partial charge on any atom is 0.308 e. The van der Waals surface area contributed by atoms with Crippen LogP contribution in [0.3, 0.4) is 0 Å². The summed E-state index contributed by atoms with van der Waals surface area (Å²) in [5, 5.41) is 0. The number of thiocarbonyl (C=S) groups is 2. The molecular formula is C21H32O9S4. The van der Waals surface area contributed by atoms with Gasteiger partial charge in [0.1, 0.15) is 13.2 Å². The first-order valence-electron chi connectivity index (χ1n) is 10.5. The van der Waals surface area contributed by atoms with Gasteiger partial charge in [-0.15, -0.1) is 0 Å². The standard InChI is InChI=1S/C21H32O9S4/c1-7-26-21(32)34-18(30-15(5)23)11-13(3)20(25)28-9-8-27-19(24)12(2)10-17(29-14(4)22)33-16(6)31/h12-13,17-18H,7-11H2,1-6H3. The summed E-state index contributed by atoms with van der Waals surface area (Å²) < 4.78 is 26.7. The van der Waals surface area contributed by atoms with Gasteiger partial charge in [-0.2, -0.15) is 0 Å². The van der Waals surface area contributed by atoms with Crippen molar-refractivity contribution < 1.29 is 42.9 Å². The van der Waals surface area contributed by atoms with Crippen LogP contribution in [0.2, 0.25) is 0 Å². The van der Waals surface area contributed by atoms with E-state index in [0.717, 1.165) is 11.8 Å². The maximum absolute atomic E-state index is 12.3. The van der Waals surface area contributed by atoms with Crippen LogP contribution in [0, 0.1) is 11.8 Å². The van der Waals surface area contributed by atoms with Crippen molar-refractivity contribution in [1.82, 2.24) is 0 Å². The molecule has 0 fully saturated rings. The van der Waals surface area contributed by atoms with Crippen molar-refractivity contribution >= 4 is 80.4 Å². The summed E-state index contributed by atoms with van der Waals surface area (Å²) in [5.74, 6) is -3.18. The normalized spacial score (nSPS) is 14.1. The lowest BCUT2D eigenvalue weighted by Crippen LogP contribution is -2.26. The lowest BCUT2D eigenvalue weighted by molar-refractivity contribution is -0.158. The maximum atomic E-state index is 12.3. The van der Waals surface area contributed by atoms with Crippen LogP contribution in [0.5, 0.6) is 0 Å². The third kappa shape index (κ3) is 16.2. The van der Waals surface area contributed by atoms with E-state index in [1.165, 1.54) is 25.6 Å². The Hall–Kier alpha value is -1.44. The Morgan fingerprint density at radius 3 is 1.50 bits per heavy atom. The van der Waals surface area contributed by atoms with E-state index in [2.05, 4.69) is 0 Å². The Labute approximate surface area is 219 Å². The molecule has 0 bridgehead atoms. The van der Waals surface area contributed by atoms with Gasteiger partial charge in [0.05, 0.1) is 18.4 Å². The van der Waals surface area contributed by atoms with Crippen LogP contribution in [0.1, 0.15) is 54.4 Å². The molecule has 0 amide bonds. The number of rotatable bonds is 14. The molecule has 0 aromatic heterocycles. The monoisotopic (exact) mass is 556 g/mol. The summed E-state index contributed by atoms with van der Waals surface area (Å²) in [5.41, 5.74) is -1.29. The van der Waals surface area contributed by atoms with Crippen LogP contribution in [0.15, 0.2) is 0 Å². The van der Waals surface area contributed by atoms with Gasteiger partial charge in [0.25, 0.3) is 0 Å². The second-order valence-corrected chi connectivity index (χ2v) is 11.1. The van der Waals surface area contributed by atoms with E-state index in [1.54, 1.807) is 27.7 Å². The summed E-state index contributed by atoms with van der Waals surface area (Å²) in [6.07, 6.45) is 0.397. The van der Waals surface area contributed by atoms with Crippen molar-refractivity contribution in [3.63, 3.8) is 0 Å². The van der Waals surface area contributed by atoms with E-state index >= 15 is 0 Å². The highest BCUT2D eigenvalue weighted by molar-refractivity contribution is 8.23. The van der Waals surface area contributed by atoms with Gasteiger partial charge in [-0.3, -0.25) is 19.2 Å². The third-order valence-corrected chi connectivity index (χ3v) is 6.29. The molecule has 0 saturated heterocycles. The third-order valence-electron chi connectivity index (χ3n) is 3.85. The average molecular weight is 557 g/mol. The molecular weight excluding hydrogens is 524 g/mol. The summed E-state index contributed by atoms with van der Waals surface area (Å²) in [6.45, 7) is 9.41. The van der Waals surface area contributed by atoms with Crippen molar-refractivity contribution in [3.05, 3.63) is 0 Å². The fourth-order valence-corrected chi connectivity index (χ4v) is 5.06. The van der Waals surface area contributed by atoms with Crippen molar-refractivity contribution in [2.45, 2.75) is 65.3 Å². The van der Waals surface area contributed by atoms with Crippen LogP contribution in [0.4, 0.5) is 0 Å². The summed E-state index contributed by atoms with van der Waals surface area (Å²) in [7, 11) is 0. The van der Waals surface area contributed by atoms with E-state index in [0.29, 0.717) is 10.8 Å². The molecule has 0 saturated carbocycles. The fraction of sp³-hybridized carbons (Fsp3) is 0.714. The zero-order valence-corrected chi connectivity index (χ0v) is 23.4. The van der Waals surface area contributed by atoms with Gasteiger partial charge in [0, 0.05) is 30.9 Å². The van der Waals surface area contributed by atoms with Gasteiger partial charge >= 0.3 is 23.9 Å². The van der Waals surface area contributed by atoms with E-state index in [-0.39, 0.29) is 30.4 Å². The Morgan fingerprint density at radius 1 is 0.735 bits per heavy atom. The molecule has 194 valence electrons. The first kappa shape index (κ1) is 32.6. The molecule has 34 heavy (non-hydrogen) atoms. The number of ether oxygens (including phenoxy) is 5. The Bertz CT molecular complexity index is 713.